The summed E-state index contributed by atoms with van der Waals surface area (Å²) in [4.78, 5) is 10.5. The third kappa shape index (κ3) is 3.89. The van der Waals surface area contributed by atoms with Gasteiger partial charge in [-0.1, -0.05) is 23.7 Å². The topological polar surface area (TPSA) is 77.8 Å². The van der Waals surface area contributed by atoms with Crippen molar-refractivity contribution in [1.29, 1.82) is 0 Å². The molecule has 1 aromatic carbocycles. The first-order valence-electron chi connectivity index (χ1n) is 4.92. The van der Waals surface area contributed by atoms with Gasteiger partial charge >= 0.3 is 5.97 Å². The fourth-order valence-corrected chi connectivity index (χ4v) is 1.83. The molecule has 0 heterocycles. The number of aliphatic hydroxyl groups excluding tert-OH is 2. The first kappa shape index (κ1) is 14.3. The minimum Gasteiger partial charge on any atom is -0.481 e. The summed E-state index contributed by atoms with van der Waals surface area (Å²) in [7, 11) is 0. The average Bonchev–Trinajstić information content (AvgIpc) is 2.29. The van der Waals surface area contributed by atoms with Crippen LogP contribution >= 0.6 is 24.2 Å². The van der Waals surface area contributed by atoms with E-state index in [0.29, 0.717) is 11.1 Å². The number of hydrogen-bond acceptors (Lipinski definition) is 4. The van der Waals surface area contributed by atoms with Crippen molar-refractivity contribution in [3.8, 4) is 0 Å². The van der Waals surface area contributed by atoms with Gasteiger partial charge in [0.15, 0.2) is 0 Å². The largest absolute Gasteiger partial charge is 0.481 e. The van der Waals surface area contributed by atoms with Crippen LogP contribution < -0.4 is 0 Å². The van der Waals surface area contributed by atoms with Gasteiger partial charge in [-0.05, 0) is 17.2 Å². The number of carbonyl (C=O) groups is 1. The van der Waals surface area contributed by atoms with Gasteiger partial charge in [-0.25, -0.2) is 0 Å². The zero-order valence-electron chi connectivity index (χ0n) is 8.88. The van der Waals surface area contributed by atoms with Crippen LogP contribution in [0.5, 0.6) is 0 Å². The molecule has 0 aromatic heterocycles. The number of carboxylic acids is 1. The lowest BCUT2D eigenvalue weighted by Crippen LogP contribution is -2.19. The van der Waals surface area contributed by atoms with Crippen molar-refractivity contribution in [2.24, 2.45) is 0 Å². The summed E-state index contributed by atoms with van der Waals surface area (Å²) >= 11 is 9.77. The highest BCUT2D eigenvalue weighted by Gasteiger charge is 2.18. The maximum Gasteiger partial charge on any atom is 0.307 e. The molecule has 1 aromatic rings. The van der Waals surface area contributed by atoms with E-state index in [1.165, 1.54) is 12.1 Å². The Hall–Kier alpha value is -0.750. The zero-order chi connectivity index (χ0) is 13.0. The Balaban J connectivity index is 2.92. The van der Waals surface area contributed by atoms with Crippen molar-refractivity contribution in [1.82, 2.24) is 0 Å². The van der Waals surface area contributed by atoms with Gasteiger partial charge in [-0.2, -0.15) is 12.6 Å². The maximum absolute atomic E-state index is 10.5. The molecule has 0 spiro atoms. The Bertz CT molecular complexity index is 410. The van der Waals surface area contributed by atoms with E-state index in [1.807, 2.05) is 0 Å². The Kier molecular flexibility index (Phi) is 5.27. The second-order valence-electron chi connectivity index (χ2n) is 3.62. The molecule has 0 bridgehead atoms. The van der Waals surface area contributed by atoms with Gasteiger partial charge in [0, 0.05) is 10.8 Å². The highest BCUT2D eigenvalue weighted by Crippen LogP contribution is 2.24. The fourth-order valence-electron chi connectivity index (χ4n) is 1.38. The number of rotatable bonds is 5. The van der Waals surface area contributed by atoms with Crippen molar-refractivity contribution in [2.45, 2.75) is 18.6 Å². The molecule has 0 fully saturated rings. The minimum atomic E-state index is -1.08. The molecule has 0 aliphatic rings. The molecule has 94 valence electrons. The van der Waals surface area contributed by atoms with E-state index in [0.717, 1.165) is 0 Å². The molecule has 2 unspecified atom stereocenters. The SMILES string of the molecule is O=C(O)Cc1ccc(C(O)C(O)CS)cc1Cl. The second-order valence-corrected chi connectivity index (χ2v) is 4.39. The Morgan fingerprint density at radius 1 is 1.41 bits per heavy atom. The van der Waals surface area contributed by atoms with Gasteiger partial charge < -0.3 is 15.3 Å². The number of aliphatic carboxylic acids is 1. The Morgan fingerprint density at radius 2 is 2.06 bits per heavy atom. The highest BCUT2D eigenvalue weighted by atomic mass is 35.5. The van der Waals surface area contributed by atoms with Crippen LogP contribution in [0.2, 0.25) is 5.02 Å². The van der Waals surface area contributed by atoms with Crippen molar-refractivity contribution >= 4 is 30.2 Å². The van der Waals surface area contributed by atoms with Crippen LogP contribution in [0.25, 0.3) is 0 Å². The highest BCUT2D eigenvalue weighted by molar-refractivity contribution is 7.80. The number of hydrogen-bond donors (Lipinski definition) is 4. The molecule has 0 aliphatic heterocycles. The molecule has 0 aliphatic carbocycles. The predicted molar refractivity (Wildman–Crippen MR) is 67.6 cm³/mol. The van der Waals surface area contributed by atoms with E-state index in [-0.39, 0.29) is 17.2 Å². The van der Waals surface area contributed by atoms with Crippen LogP contribution in [0.1, 0.15) is 17.2 Å². The fraction of sp³-hybridized carbons (Fsp3) is 0.364. The van der Waals surface area contributed by atoms with Gasteiger partial charge in [0.2, 0.25) is 0 Å². The maximum atomic E-state index is 10.5. The van der Waals surface area contributed by atoms with Gasteiger partial charge in [0.25, 0.3) is 0 Å². The Labute approximate surface area is 109 Å². The molecule has 0 radical (unpaired) electrons. The van der Waals surface area contributed by atoms with E-state index < -0.39 is 18.2 Å². The van der Waals surface area contributed by atoms with Crippen LogP contribution in [0.4, 0.5) is 0 Å². The third-order valence-electron chi connectivity index (χ3n) is 2.31. The number of aliphatic hydroxyl groups is 2. The average molecular weight is 277 g/mol. The molecule has 0 saturated carbocycles. The first-order valence-corrected chi connectivity index (χ1v) is 5.94. The standard InChI is InChI=1S/C11H13ClO4S/c12-8-3-7(11(16)9(13)5-17)2-1-6(8)4-10(14)15/h1-3,9,11,13,16-17H,4-5H2,(H,14,15). The number of halogens is 1. The second kappa shape index (κ2) is 6.26. The van der Waals surface area contributed by atoms with E-state index in [2.05, 4.69) is 12.6 Å². The number of thiol groups is 1. The summed E-state index contributed by atoms with van der Waals surface area (Å²) in [5.41, 5.74) is 0.904. The lowest BCUT2D eigenvalue weighted by atomic mass is 10.0. The summed E-state index contributed by atoms with van der Waals surface area (Å²) in [6, 6.07) is 4.53. The smallest absolute Gasteiger partial charge is 0.307 e. The minimum absolute atomic E-state index is 0.121. The van der Waals surface area contributed by atoms with E-state index >= 15 is 0 Å². The normalized spacial score (nSPS) is 14.4. The van der Waals surface area contributed by atoms with Gasteiger partial charge in [0.05, 0.1) is 12.5 Å². The monoisotopic (exact) mass is 276 g/mol. The van der Waals surface area contributed by atoms with Gasteiger partial charge in [-0.3, -0.25) is 4.79 Å². The Morgan fingerprint density at radius 3 is 2.53 bits per heavy atom. The molecule has 2 atom stereocenters. The first-order chi connectivity index (χ1) is 7.95. The lowest BCUT2D eigenvalue weighted by molar-refractivity contribution is -0.136. The predicted octanol–water partition coefficient (Wildman–Crippen LogP) is 1.29. The lowest BCUT2D eigenvalue weighted by Gasteiger charge is -2.17. The summed E-state index contributed by atoms with van der Waals surface area (Å²) in [5, 5.41) is 28.0. The summed E-state index contributed by atoms with van der Waals surface area (Å²) in [5.74, 6) is -0.856. The molecule has 6 heteroatoms. The van der Waals surface area contributed by atoms with Crippen LogP contribution in [0.3, 0.4) is 0 Å². The molecular formula is C11H13ClO4S. The summed E-state index contributed by atoms with van der Waals surface area (Å²) in [6.07, 6.45) is -2.24. The van der Waals surface area contributed by atoms with Crippen molar-refractivity contribution in [2.75, 3.05) is 5.75 Å². The molecule has 0 amide bonds. The summed E-state index contributed by atoms with van der Waals surface area (Å²) < 4.78 is 0. The van der Waals surface area contributed by atoms with Crippen LogP contribution in [-0.2, 0) is 11.2 Å². The van der Waals surface area contributed by atoms with E-state index in [9.17, 15) is 15.0 Å². The third-order valence-corrected chi connectivity index (χ3v) is 3.04. The van der Waals surface area contributed by atoms with Crippen LogP contribution in [0.15, 0.2) is 18.2 Å². The zero-order valence-corrected chi connectivity index (χ0v) is 10.5. The van der Waals surface area contributed by atoms with Crippen molar-refractivity contribution in [3.63, 3.8) is 0 Å². The molecule has 0 saturated heterocycles. The van der Waals surface area contributed by atoms with Gasteiger partial charge in [0.1, 0.15) is 6.10 Å². The molecule has 3 N–H and O–H groups in total. The summed E-state index contributed by atoms with van der Waals surface area (Å²) in [6.45, 7) is 0. The number of benzene rings is 1. The molecule has 17 heavy (non-hydrogen) atoms. The molecule has 1 rings (SSSR count). The van der Waals surface area contributed by atoms with Crippen LogP contribution in [-0.4, -0.2) is 33.1 Å². The quantitative estimate of drug-likeness (QED) is 0.611. The van der Waals surface area contributed by atoms with E-state index in [4.69, 9.17) is 16.7 Å². The van der Waals surface area contributed by atoms with Gasteiger partial charge in [-0.15, -0.1) is 0 Å². The van der Waals surface area contributed by atoms with Crippen LogP contribution in [0, 0.1) is 0 Å². The van der Waals surface area contributed by atoms with Crippen molar-refractivity contribution < 1.29 is 20.1 Å². The van der Waals surface area contributed by atoms with Crippen molar-refractivity contribution in [3.05, 3.63) is 34.3 Å². The number of carboxylic acid groups (broad SMARTS) is 1. The molecule has 4 nitrogen and oxygen atoms in total. The van der Waals surface area contributed by atoms with E-state index in [1.54, 1.807) is 6.07 Å². The molecular weight excluding hydrogens is 264 g/mol.